The first-order chi connectivity index (χ1) is 9.03. The van der Waals surface area contributed by atoms with Gasteiger partial charge >= 0.3 is 0 Å². The van der Waals surface area contributed by atoms with Crippen LogP contribution in [-0.4, -0.2) is 16.9 Å². The lowest BCUT2D eigenvalue weighted by atomic mass is 9.73. The van der Waals surface area contributed by atoms with Crippen molar-refractivity contribution in [1.29, 1.82) is 0 Å². The third-order valence-electron chi connectivity index (χ3n) is 4.10. The van der Waals surface area contributed by atoms with Gasteiger partial charge in [-0.05, 0) is 30.4 Å². The highest BCUT2D eigenvalue weighted by Gasteiger charge is 2.33. The minimum atomic E-state index is -0.0166. The molecule has 2 rings (SSSR count). The third kappa shape index (κ3) is 3.93. The molecule has 0 spiro atoms. The van der Waals surface area contributed by atoms with Crippen molar-refractivity contribution < 1.29 is 4.79 Å². The molecule has 1 atom stereocenters. The van der Waals surface area contributed by atoms with Crippen LogP contribution in [0.4, 0.5) is 0 Å². The maximum absolute atomic E-state index is 12.3. The molecule has 0 saturated heterocycles. The fourth-order valence-electron chi connectivity index (χ4n) is 2.73. The molecule has 0 radical (unpaired) electrons. The lowest BCUT2D eigenvalue weighted by Gasteiger charge is -2.39. The van der Waals surface area contributed by atoms with E-state index in [2.05, 4.69) is 24.1 Å². The molecule has 112 valence electrons. The number of hydrogen-bond donors (Lipinski definition) is 2. The summed E-state index contributed by atoms with van der Waals surface area (Å²) in [6.45, 7) is 4.82. The van der Waals surface area contributed by atoms with E-state index in [4.69, 9.17) is 5.73 Å². The number of nitrogens with two attached hydrogens (primary N) is 1. The number of hydrogen-bond acceptors (Lipinski definition) is 3. The number of aromatic nitrogens is 1. The molecular formula is C15H24ClN3O. The van der Waals surface area contributed by atoms with Crippen LogP contribution in [0.2, 0.25) is 0 Å². The van der Waals surface area contributed by atoms with Crippen LogP contribution in [0.15, 0.2) is 18.3 Å². The molecule has 0 bridgehead atoms. The molecule has 1 saturated carbocycles. The minimum absolute atomic E-state index is 0. The normalized spacial score (nSPS) is 20.9. The first kappa shape index (κ1) is 16.9. The van der Waals surface area contributed by atoms with Crippen molar-refractivity contribution in [3.8, 4) is 0 Å². The Morgan fingerprint density at radius 2 is 2.25 bits per heavy atom. The van der Waals surface area contributed by atoms with Crippen molar-refractivity contribution in [3.63, 3.8) is 0 Å². The van der Waals surface area contributed by atoms with Gasteiger partial charge in [0.05, 0.1) is 5.69 Å². The number of carbonyl (C=O) groups excluding carboxylic acids is 1. The predicted molar refractivity (Wildman–Crippen MR) is 82.9 cm³/mol. The highest BCUT2D eigenvalue weighted by Crippen LogP contribution is 2.35. The molecule has 4 nitrogen and oxygen atoms in total. The van der Waals surface area contributed by atoms with Crippen LogP contribution in [-0.2, 0) is 6.54 Å². The summed E-state index contributed by atoms with van der Waals surface area (Å²) >= 11 is 0. The van der Waals surface area contributed by atoms with Crippen molar-refractivity contribution in [2.24, 2.45) is 11.1 Å². The molecule has 1 fully saturated rings. The number of nitrogens with zero attached hydrogens (tertiary/aromatic N) is 1. The average Bonchev–Trinajstić information content (AvgIpc) is 2.41. The van der Waals surface area contributed by atoms with Crippen LogP contribution in [0.25, 0.3) is 0 Å². The summed E-state index contributed by atoms with van der Waals surface area (Å²) in [6.07, 6.45) is 6.32. The molecule has 1 aromatic rings. The van der Waals surface area contributed by atoms with Gasteiger partial charge in [-0.15, -0.1) is 12.4 Å². The van der Waals surface area contributed by atoms with Crippen LogP contribution in [0.5, 0.6) is 0 Å². The third-order valence-corrected chi connectivity index (χ3v) is 4.10. The van der Waals surface area contributed by atoms with Crippen molar-refractivity contribution in [2.45, 2.75) is 52.1 Å². The first-order valence-electron chi connectivity index (χ1n) is 6.99. The second kappa shape index (κ2) is 7.04. The van der Waals surface area contributed by atoms with Crippen molar-refractivity contribution >= 4 is 18.3 Å². The molecular weight excluding hydrogens is 274 g/mol. The van der Waals surface area contributed by atoms with Crippen molar-refractivity contribution in [3.05, 3.63) is 29.6 Å². The Morgan fingerprint density at radius 1 is 1.50 bits per heavy atom. The van der Waals surface area contributed by atoms with E-state index in [-0.39, 0.29) is 29.8 Å². The van der Waals surface area contributed by atoms with Crippen LogP contribution >= 0.6 is 12.4 Å². The number of carbonyl (C=O) groups is 1. The topological polar surface area (TPSA) is 68.0 Å². The van der Waals surface area contributed by atoms with Crippen molar-refractivity contribution in [1.82, 2.24) is 10.3 Å². The second-order valence-electron chi connectivity index (χ2n) is 6.00. The van der Waals surface area contributed by atoms with Crippen LogP contribution < -0.4 is 11.1 Å². The maximum Gasteiger partial charge on any atom is 0.251 e. The van der Waals surface area contributed by atoms with Gasteiger partial charge in [-0.3, -0.25) is 9.78 Å². The highest BCUT2D eigenvalue weighted by molar-refractivity contribution is 5.94. The number of rotatable bonds is 3. The van der Waals surface area contributed by atoms with Gasteiger partial charge in [-0.2, -0.15) is 0 Å². The summed E-state index contributed by atoms with van der Waals surface area (Å²) in [5, 5.41) is 3.17. The molecule has 20 heavy (non-hydrogen) atoms. The SMILES string of the molecule is CC1(C)CCCCC1NC(=O)c1ccnc(CN)c1.Cl. The van der Waals surface area contributed by atoms with Gasteiger partial charge in [-0.25, -0.2) is 0 Å². The van der Waals surface area contributed by atoms with Gasteiger partial charge in [0.1, 0.15) is 0 Å². The molecule has 1 aliphatic rings. The predicted octanol–water partition coefficient (Wildman–Crippen LogP) is 2.66. The summed E-state index contributed by atoms with van der Waals surface area (Å²) in [5.74, 6) is -0.0166. The summed E-state index contributed by atoms with van der Waals surface area (Å²) in [7, 11) is 0. The van der Waals surface area contributed by atoms with Crippen LogP contribution in [0, 0.1) is 5.41 Å². The zero-order valence-corrected chi connectivity index (χ0v) is 13.0. The number of halogens is 1. The summed E-state index contributed by atoms with van der Waals surface area (Å²) in [4.78, 5) is 16.4. The molecule has 0 aromatic carbocycles. The van der Waals surface area contributed by atoms with E-state index in [0.717, 1.165) is 12.1 Å². The highest BCUT2D eigenvalue weighted by atomic mass is 35.5. The smallest absolute Gasteiger partial charge is 0.251 e. The molecule has 1 aromatic heterocycles. The van der Waals surface area contributed by atoms with Gasteiger partial charge in [0.25, 0.3) is 5.91 Å². The molecule has 1 amide bonds. The summed E-state index contributed by atoms with van der Waals surface area (Å²) in [6, 6.07) is 3.76. The molecule has 5 heteroatoms. The van der Waals surface area contributed by atoms with E-state index in [0.29, 0.717) is 12.1 Å². The standard InChI is InChI=1S/C15H23N3O.ClH/c1-15(2)7-4-3-5-13(15)18-14(19)11-6-8-17-12(9-11)10-16;/h6,8-9,13H,3-5,7,10,16H2,1-2H3,(H,18,19);1H. The zero-order valence-electron chi connectivity index (χ0n) is 12.2. The van der Waals surface area contributed by atoms with Gasteiger partial charge < -0.3 is 11.1 Å². The van der Waals surface area contributed by atoms with E-state index in [1.54, 1.807) is 18.3 Å². The molecule has 3 N–H and O–H groups in total. The maximum atomic E-state index is 12.3. The van der Waals surface area contributed by atoms with Crippen molar-refractivity contribution in [2.75, 3.05) is 0 Å². The lowest BCUT2D eigenvalue weighted by Crippen LogP contribution is -2.46. The Labute approximate surface area is 126 Å². The van der Waals surface area contributed by atoms with E-state index >= 15 is 0 Å². The van der Waals surface area contributed by atoms with Crippen LogP contribution in [0.3, 0.4) is 0 Å². The quantitative estimate of drug-likeness (QED) is 0.901. The Kier molecular flexibility index (Phi) is 5.96. The summed E-state index contributed by atoms with van der Waals surface area (Å²) in [5.41, 5.74) is 7.13. The first-order valence-corrected chi connectivity index (χ1v) is 6.99. The minimum Gasteiger partial charge on any atom is -0.349 e. The van der Waals surface area contributed by atoms with Crippen LogP contribution in [0.1, 0.15) is 55.6 Å². The summed E-state index contributed by atoms with van der Waals surface area (Å²) < 4.78 is 0. The Hall–Kier alpha value is -1.13. The molecule has 1 unspecified atom stereocenters. The van der Waals surface area contributed by atoms with E-state index in [1.807, 2.05) is 0 Å². The largest absolute Gasteiger partial charge is 0.349 e. The fraction of sp³-hybridized carbons (Fsp3) is 0.600. The van der Waals surface area contributed by atoms with E-state index < -0.39 is 0 Å². The van der Waals surface area contributed by atoms with E-state index in [9.17, 15) is 4.79 Å². The fourth-order valence-corrected chi connectivity index (χ4v) is 2.73. The average molecular weight is 298 g/mol. The number of amides is 1. The van der Waals surface area contributed by atoms with Gasteiger partial charge in [0.15, 0.2) is 0 Å². The molecule has 0 aliphatic heterocycles. The number of pyridine rings is 1. The Bertz CT molecular complexity index is 462. The van der Waals surface area contributed by atoms with E-state index in [1.165, 1.54) is 19.3 Å². The van der Waals surface area contributed by atoms with Gasteiger partial charge in [-0.1, -0.05) is 26.7 Å². The monoisotopic (exact) mass is 297 g/mol. The lowest BCUT2D eigenvalue weighted by molar-refractivity contribution is 0.0853. The molecule has 1 heterocycles. The second-order valence-corrected chi connectivity index (χ2v) is 6.00. The number of nitrogens with one attached hydrogen (secondary N) is 1. The molecule has 1 aliphatic carbocycles. The van der Waals surface area contributed by atoms with Gasteiger partial charge in [0.2, 0.25) is 0 Å². The Morgan fingerprint density at radius 3 is 2.90 bits per heavy atom. The zero-order chi connectivity index (χ0) is 13.9. The van der Waals surface area contributed by atoms with Gasteiger partial charge in [0, 0.05) is 24.3 Å². The Balaban J connectivity index is 0.00000200.